The maximum atomic E-state index is 12.2. The van der Waals surface area contributed by atoms with Gasteiger partial charge >= 0.3 is 0 Å². The topological polar surface area (TPSA) is 52.9 Å². The van der Waals surface area contributed by atoms with E-state index in [9.17, 15) is 10.1 Å². The number of anilines is 1. The molecule has 3 nitrogen and oxygen atoms in total. The lowest BCUT2D eigenvalue weighted by molar-refractivity contribution is -0.111. The quantitative estimate of drug-likeness (QED) is 0.723. The van der Waals surface area contributed by atoms with Gasteiger partial charge in [-0.2, -0.15) is 5.26 Å². The summed E-state index contributed by atoms with van der Waals surface area (Å²) >= 11 is 13.7. The molecule has 1 aromatic heterocycles. The number of rotatable bonds is 3. The van der Waals surface area contributed by atoms with Crippen molar-refractivity contribution in [1.82, 2.24) is 0 Å². The number of fused-ring (bicyclic) bond motifs is 1. The number of amides is 1. The lowest BCUT2D eigenvalue weighted by atomic mass is 9.96. The molecular weight excluding hydrogens is 363 g/mol. The van der Waals surface area contributed by atoms with E-state index in [2.05, 4.69) is 11.4 Å². The molecule has 6 heteroatoms. The SMILES string of the molecule is N#Cc1c(NC(=O)/C=C/c2c(Cl)cccc2Cl)sc2c1CCCC2. The van der Waals surface area contributed by atoms with Crippen LogP contribution in [0.5, 0.6) is 0 Å². The normalized spacial score (nSPS) is 13.5. The van der Waals surface area contributed by atoms with Gasteiger partial charge in [0.05, 0.1) is 5.56 Å². The lowest BCUT2D eigenvalue weighted by Crippen LogP contribution is -2.08. The molecule has 0 fully saturated rings. The summed E-state index contributed by atoms with van der Waals surface area (Å²) in [5.41, 5.74) is 2.30. The van der Waals surface area contributed by atoms with E-state index >= 15 is 0 Å². The summed E-state index contributed by atoms with van der Waals surface area (Å²) in [6, 6.07) is 7.41. The van der Waals surface area contributed by atoms with E-state index in [4.69, 9.17) is 23.2 Å². The number of carbonyl (C=O) groups is 1. The zero-order valence-electron chi connectivity index (χ0n) is 12.7. The summed E-state index contributed by atoms with van der Waals surface area (Å²) in [5, 5.41) is 13.8. The average molecular weight is 377 g/mol. The van der Waals surface area contributed by atoms with Gasteiger partial charge in [-0.3, -0.25) is 4.79 Å². The van der Waals surface area contributed by atoms with Gasteiger partial charge in [0, 0.05) is 26.6 Å². The van der Waals surface area contributed by atoms with Gasteiger partial charge in [-0.05, 0) is 49.5 Å². The predicted octanol–water partition coefficient (Wildman–Crippen LogP) is 5.46. The van der Waals surface area contributed by atoms with E-state index in [1.54, 1.807) is 24.3 Å². The van der Waals surface area contributed by atoms with Crippen molar-refractivity contribution in [3.05, 3.63) is 55.9 Å². The number of benzene rings is 1. The molecule has 3 rings (SSSR count). The maximum absolute atomic E-state index is 12.2. The first-order valence-electron chi connectivity index (χ1n) is 7.58. The van der Waals surface area contributed by atoms with Crippen LogP contribution in [-0.4, -0.2) is 5.91 Å². The number of hydrogen-bond acceptors (Lipinski definition) is 3. The first-order chi connectivity index (χ1) is 11.6. The van der Waals surface area contributed by atoms with Crippen molar-refractivity contribution in [2.45, 2.75) is 25.7 Å². The molecule has 0 aliphatic heterocycles. The van der Waals surface area contributed by atoms with Gasteiger partial charge in [0.1, 0.15) is 11.1 Å². The third kappa shape index (κ3) is 3.49. The molecule has 0 spiro atoms. The summed E-state index contributed by atoms with van der Waals surface area (Å²) < 4.78 is 0. The lowest BCUT2D eigenvalue weighted by Gasteiger charge is -2.09. The molecule has 0 saturated heterocycles. The third-order valence-electron chi connectivity index (χ3n) is 3.92. The number of hydrogen-bond donors (Lipinski definition) is 1. The van der Waals surface area contributed by atoms with Crippen LogP contribution in [0.25, 0.3) is 6.08 Å². The minimum Gasteiger partial charge on any atom is -0.313 e. The minimum absolute atomic E-state index is 0.305. The first-order valence-corrected chi connectivity index (χ1v) is 9.15. The van der Waals surface area contributed by atoms with Crippen LogP contribution in [0.3, 0.4) is 0 Å². The van der Waals surface area contributed by atoms with Crippen LogP contribution in [0, 0.1) is 11.3 Å². The average Bonchev–Trinajstić information content (AvgIpc) is 2.91. The van der Waals surface area contributed by atoms with Crippen LogP contribution in [0.4, 0.5) is 5.00 Å². The molecule has 0 atom stereocenters. The fourth-order valence-electron chi connectivity index (χ4n) is 2.75. The van der Waals surface area contributed by atoms with Gasteiger partial charge in [-0.25, -0.2) is 0 Å². The number of aryl methyl sites for hydroxylation is 1. The molecule has 1 aliphatic rings. The Hall–Kier alpha value is -1.80. The number of carbonyl (C=O) groups excluding carboxylic acids is 1. The number of halogens is 2. The van der Waals surface area contributed by atoms with Gasteiger partial charge in [0.25, 0.3) is 0 Å². The van der Waals surface area contributed by atoms with Crippen molar-refractivity contribution in [1.29, 1.82) is 5.26 Å². The van der Waals surface area contributed by atoms with Crippen LogP contribution >= 0.6 is 34.5 Å². The van der Waals surface area contributed by atoms with Gasteiger partial charge < -0.3 is 5.32 Å². The summed E-state index contributed by atoms with van der Waals surface area (Å²) in [6.07, 6.45) is 7.09. The molecule has 1 heterocycles. The molecule has 1 N–H and O–H groups in total. The number of thiophene rings is 1. The molecule has 2 aromatic rings. The van der Waals surface area contributed by atoms with E-state index in [-0.39, 0.29) is 5.91 Å². The molecule has 1 aromatic carbocycles. The van der Waals surface area contributed by atoms with E-state index in [0.717, 1.165) is 31.2 Å². The molecule has 0 radical (unpaired) electrons. The second-order valence-electron chi connectivity index (χ2n) is 5.48. The Bertz CT molecular complexity index is 844. The second kappa shape index (κ2) is 7.40. The highest BCUT2D eigenvalue weighted by Crippen LogP contribution is 2.37. The Morgan fingerprint density at radius 1 is 1.25 bits per heavy atom. The Morgan fingerprint density at radius 2 is 1.96 bits per heavy atom. The predicted molar refractivity (Wildman–Crippen MR) is 99.8 cm³/mol. The molecule has 1 amide bonds. The minimum atomic E-state index is -0.305. The van der Waals surface area contributed by atoms with E-state index in [1.165, 1.54) is 22.3 Å². The van der Waals surface area contributed by atoms with Crippen molar-refractivity contribution in [3.8, 4) is 6.07 Å². The molecule has 122 valence electrons. The number of nitrogens with one attached hydrogen (secondary N) is 1. The van der Waals surface area contributed by atoms with Crippen LogP contribution in [-0.2, 0) is 17.6 Å². The van der Waals surface area contributed by atoms with Crippen LogP contribution in [0.15, 0.2) is 24.3 Å². The van der Waals surface area contributed by atoms with Crippen LogP contribution < -0.4 is 5.32 Å². The zero-order valence-corrected chi connectivity index (χ0v) is 15.1. The Morgan fingerprint density at radius 3 is 2.67 bits per heavy atom. The highest BCUT2D eigenvalue weighted by Gasteiger charge is 2.21. The maximum Gasteiger partial charge on any atom is 0.249 e. The molecule has 0 unspecified atom stereocenters. The first kappa shape index (κ1) is 17.0. The molecule has 1 aliphatic carbocycles. The van der Waals surface area contributed by atoms with E-state index in [1.807, 2.05) is 0 Å². The van der Waals surface area contributed by atoms with Crippen molar-refractivity contribution in [2.75, 3.05) is 5.32 Å². The number of nitriles is 1. The summed E-state index contributed by atoms with van der Waals surface area (Å²) in [4.78, 5) is 13.4. The van der Waals surface area contributed by atoms with Crippen LogP contribution in [0.1, 0.15) is 34.4 Å². The van der Waals surface area contributed by atoms with Gasteiger partial charge in [-0.15, -0.1) is 11.3 Å². The molecule has 0 saturated carbocycles. The third-order valence-corrected chi connectivity index (χ3v) is 5.79. The van der Waals surface area contributed by atoms with Crippen molar-refractivity contribution >= 4 is 51.5 Å². The highest BCUT2D eigenvalue weighted by molar-refractivity contribution is 7.16. The Kier molecular flexibility index (Phi) is 5.25. The summed E-state index contributed by atoms with van der Waals surface area (Å²) in [7, 11) is 0. The fraction of sp³-hybridized carbons (Fsp3) is 0.222. The fourth-order valence-corrected chi connectivity index (χ4v) is 4.52. The number of nitrogens with zero attached hydrogens (tertiary/aromatic N) is 1. The van der Waals surface area contributed by atoms with Crippen molar-refractivity contribution in [3.63, 3.8) is 0 Å². The zero-order chi connectivity index (χ0) is 17.1. The van der Waals surface area contributed by atoms with Crippen LogP contribution in [0.2, 0.25) is 10.0 Å². The van der Waals surface area contributed by atoms with E-state index < -0.39 is 0 Å². The summed E-state index contributed by atoms with van der Waals surface area (Å²) in [6.45, 7) is 0. The molecule has 24 heavy (non-hydrogen) atoms. The Labute approximate surface area is 154 Å². The monoisotopic (exact) mass is 376 g/mol. The molecule has 0 bridgehead atoms. The second-order valence-corrected chi connectivity index (χ2v) is 7.40. The highest BCUT2D eigenvalue weighted by atomic mass is 35.5. The summed E-state index contributed by atoms with van der Waals surface area (Å²) in [5.74, 6) is -0.305. The van der Waals surface area contributed by atoms with Crippen molar-refractivity contribution in [2.24, 2.45) is 0 Å². The molecular formula is C18H14Cl2N2OS. The van der Waals surface area contributed by atoms with Gasteiger partial charge in [0.2, 0.25) is 5.91 Å². The Balaban J connectivity index is 1.80. The van der Waals surface area contributed by atoms with E-state index in [0.29, 0.717) is 26.2 Å². The largest absolute Gasteiger partial charge is 0.313 e. The van der Waals surface area contributed by atoms with Gasteiger partial charge in [0.15, 0.2) is 0 Å². The standard InChI is InChI=1S/C18H14Cl2N2OS/c19-14-5-3-6-15(20)12(14)8-9-17(23)22-18-13(10-21)11-4-1-2-7-16(11)24-18/h3,5-6,8-9H,1-2,4,7H2,(H,22,23)/b9-8+. The smallest absolute Gasteiger partial charge is 0.249 e. The van der Waals surface area contributed by atoms with Crippen molar-refractivity contribution < 1.29 is 4.79 Å². The van der Waals surface area contributed by atoms with Gasteiger partial charge in [-0.1, -0.05) is 29.3 Å².